The molecule has 1 heterocycles. The fraction of sp³-hybridized carbons (Fsp3) is 0.538. The van der Waals surface area contributed by atoms with Gasteiger partial charge in [0.15, 0.2) is 0 Å². The largest absolute Gasteiger partial charge is 0.327 e. The zero-order valence-corrected chi connectivity index (χ0v) is 11.8. The van der Waals surface area contributed by atoms with Crippen molar-refractivity contribution in [2.45, 2.75) is 31.8 Å². The standard InChI is InChI=1S/C13H19N3O2.ClH/c1-10(15-7-3-5-12(14)9-15)11-4-2-6-13(8-11)16(17)18;/h2,4,6,8,10,12H,3,5,7,9,14H2,1H3;1H. The lowest BCUT2D eigenvalue weighted by atomic mass is 10.0. The van der Waals surface area contributed by atoms with Gasteiger partial charge in [0.05, 0.1) is 4.92 Å². The molecule has 1 aromatic carbocycles. The van der Waals surface area contributed by atoms with Crippen molar-refractivity contribution in [3.05, 3.63) is 39.9 Å². The number of benzene rings is 1. The Morgan fingerprint density at radius 3 is 2.89 bits per heavy atom. The Balaban J connectivity index is 0.00000180. The van der Waals surface area contributed by atoms with Crippen molar-refractivity contribution in [2.75, 3.05) is 13.1 Å². The van der Waals surface area contributed by atoms with Gasteiger partial charge in [0.2, 0.25) is 0 Å². The highest BCUT2D eigenvalue weighted by Crippen LogP contribution is 2.26. The fourth-order valence-electron chi connectivity index (χ4n) is 2.50. The molecule has 106 valence electrons. The first kappa shape index (κ1) is 15.9. The van der Waals surface area contributed by atoms with Gasteiger partial charge in [-0.15, -0.1) is 12.4 Å². The van der Waals surface area contributed by atoms with E-state index >= 15 is 0 Å². The Morgan fingerprint density at radius 2 is 2.26 bits per heavy atom. The Labute approximate surface area is 119 Å². The first-order chi connectivity index (χ1) is 8.58. The van der Waals surface area contributed by atoms with Gasteiger partial charge in [-0.3, -0.25) is 15.0 Å². The number of hydrogen-bond donors (Lipinski definition) is 1. The van der Waals surface area contributed by atoms with Gasteiger partial charge in [-0.1, -0.05) is 12.1 Å². The van der Waals surface area contributed by atoms with E-state index in [1.807, 2.05) is 6.07 Å². The summed E-state index contributed by atoms with van der Waals surface area (Å²) in [5, 5.41) is 10.8. The average Bonchev–Trinajstić information content (AvgIpc) is 2.38. The third-order valence-electron chi connectivity index (χ3n) is 3.60. The zero-order valence-electron chi connectivity index (χ0n) is 11.0. The highest BCUT2D eigenvalue weighted by Gasteiger charge is 2.23. The van der Waals surface area contributed by atoms with E-state index < -0.39 is 0 Å². The van der Waals surface area contributed by atoms with Crippen molar-refractivity contribution in [1.29, 1.82) is 0 Å². The van der Waals surface area contributed by atoms with Gasteiger partial charge in [0.1, 0.15) is 0 Å². The minimum Gasteiger partial charge on any atom is -0.327 e. The summed E-state index contributed by atoms with van der Waals surface area (Å²) in [7, 11) is 0. The number of nitrogens with two attached hydrogens (primary N) is 1. The van der Waals surface area contributed by atoms with Crippen LogP contribution in [0.2, 0.25) is 0 Å². The lowest BCUT2D eigenvalue weighted by Gasteiger charge is -2.35. The molecule has 0 saturated carbocycles. The van der Waals surface area contributed by atoms with Gasteiger partial charge in [0, 0.05) is 30.8 Å². The zero-order chi connectivity index (χ0) is 13.1. The smallest absolute Gasteiger partial charge is 0.269 e. The van der Waals surface area contributed by atoms with Crippen LogP contribution in [0, 0.1) is 10.1 Å². The molecule has 1 aromatic rings. The van der Waals surface area contributed by atoms with E-state index in [9.17, 15) is 10.1 Å². The number of piperidine rings is 1. The van der Waals surface area contributed by atoms with Crippen molar-refractivity contribution in [3.8, 4) is 0 Å². The molecule has 19 heavy (non-hydrogen) atoms. The molecule has 5 nitrogen and oxygen atoms in total. The average molecular weight is 286 g/mol. The van der Waals surface area contributed by atoms with Gasteiger partial charge in [-0.05, 0) is 31.9 Å². The molecule has 2 N–H and O–H groups in total. The summed E-state index contributed by atoms with van der Waals surface area (Å²) >= 11 is 0. The number of nitro benzene ring substituents is 1. The molecule has 0 aliphatic carbocycles. The summed E-state index contributed by atoms with van der Waals surface area (Å²) in [5.74, 6) is 0. The first-order valence-electron chi connectivity index (χ1n) is 6.32. The minimum absolute atomic E-state index is 0. The molecule has 2 atom stereocenters. The number of nitro groups is 1. The second-order valence-corrected chi connectivity index (χ2v) is 4.93. The molecule has 0 radical (unpaired) electrons. The third-order valence-corrected chi connectivity index (χ3v) is 3.60. The summed E-state index contributed by atoms with van der Waals surface area (Å²) in [6, 6.07) is 7.27. The normalized spacial score (nSPS) is 21.5. The quantitative estimate of drug-likeness (QED) is 0.684. The molecule has 1 aliphatic heterocycles. The Kier molecular flexibility index (Phi) is 5.72. The van der Waals surface area contributed by atoms with Crippen molar-refractivity contribution >= 4 is 18.1 Å². The van der Waals surface area contributed by atoms with Crippen LogP contribution >= 0.6 is 12.4 Å². The molecule has 2 unspecified atom stereocenters. The van der Waals surface area contributed by atoms with E-state index in [2.05, 4.69) is 11.8 Å². The van der Waals surface area contributed by atoms with Gasteiger partial charge in [-0.25, -0.2) is 0 Å². The monoisotopic (exact) mass is 285 g/mol. The van der Waals surface area contributed by atoms with Crippen molar-refractivity contribution in [1.82, 2.24) is 4.90 Å². The van der Waals surface area contributed by atoms with Crippen LogP contribution in [-0.2, 0) is 0 Å². The van der Waals surface area contributed by atoms with Crippen LogP contribution in [0.1, 0.15) is 31.4 Å². The van der Waals surface area contributed by atoms with Crippen LogP contribution in [0.4, 0.5) is 5.69 Å². The van der Waals surface area contributed by atoms with Gasteiger partial charge >= 0.3 is 0 Å². The molecule has 0 aromatic heterocycles. The summed E-state index contributed by atoms with van der Waals surface area (Å²) in [4.78, 5) is 12.7. The number of nitrogens with zero attached hydrogens (tertiary/aromatic N) is 2. The van der Waals surface area contributed by atoms with Crippen molar-refractivity contribution in [2.24, 2.45) is 5.73 Å². The summed E-state index contributed by atoms with van der Waals surface area (Å²) < 4.78 is 0. The Hall–Kier alpha value is -1.17. The number of rotatable bonds is 3. The number of non-ortho nitro benzene ring substituents is 1. The van der Waals surface area contributed by atoms with E-state index in [0.717, 1.165) is 31.5 Å². The Morgan fingerprint density at radius 1 is 1.53 bits per heavy atom. The van der Waals surface area contributed by atoms with Crippen LogP contribution in [0.5, 0.6) is 0 Å². The molecule has 6 heteroatoms. The maximum atomic E-state index is 10.8. The van der Waals surface area contributed by atoms with Crippen molar-refractivity contribution < 1.29 is 4.92 Å². The molecular weight excluding hydrogens is 266 g/mol. The summed E-state index contributed by atoms with van der Waals surface area (Å²) in [6.45, 7) is 3.96. The minimum atomic E-state index is -0.349. The van der Waals surface area contributed by atoms with Crippen LogP contribution in [0.3, 0.4) is 0 Å². The topological polar surface area (TPSA) is 72.4 Å². The molecule has 1 fully saturated rings. The van der Waals surface area contributed by atoms with Gasteiger partial charge in [-0.2, -0.15) is 0 Å². The fourth-order valence-corrected chi connectivity index (χ4v) is 2.50. The molecule has 2 rings (SSSR count). The SMILES string of the molecule is CC(c1cccc([N+](=O)[O-])c1)N1CCCC(N)C1.Cl. The lowest BCUT2D eigenvalue weighted by molar-refractivity contribution is -0.384. The van der Waals surface area contributed by atoms with Gasteiger partial charge in [0.25, 0.3) is 5.69 Å². The number of halogens is 1. The first-order valence-corrected chi connectivity index (χ1v) is 6.32. The predicted molar refractivity (Wildman–Crippen MR) is 77.5 cm³/mol. The second kappa shape index (κ2) is 6.84. The maximum absolute atomic E-state index is 10.8. The summed E-state index contributed by atoms with van der Waals surface area (Å²) in [5.41, 5.74) is 7.11. The van der Waals surface area contributed by atoms with Crippen LogP contribution < -0.4 is 5.73 Å². The summed E-state index contributed by atoms with van der Waals surface area (Å²) in [6.07, 6.45) is 2.17. The molecule has 0 bridgehead atoms. The molecule has 0 amide bonds. The van der Waals surface area contributed by atoms with Crippen LogP contribution in [0.15, 0.2) is 24.3 Å². The number of hydrogen-bond acceptors (Lipinski definition) is 4. The lowest BCUT2D eigenvalue weighted by Crippen LogP contribution is -2.43. The highest BCUT2D eigenvalue weighted by atomic mass is 35.5. The highest BCUT2D eigenvalue weighted by molar-refractivity contribution is 5.85. The number of likely N-dealkylation sites (tertiary alicyclic amines) is 1. The van der Waals surface area contributed by atoms with E-state index in [4.69, 9.17) is 5.73 Å². The Bertz CT molecular complexity index is 442. The molecule has 1 aliphatic rings. The predicted octanol–water partition coefficient (Wildman–Crippen LogP) is 2.50. The van der Waals surface area contributed by atoms with E-state index in [-0.39, 0.29) is 35.1 Å². The van der Waals surface area contributed by atoms with E-state index in [0.29, 0.717) is 0 Å². The third kappa shape index (κ3) is 3.89. The molecule has 1 saturated heterocycles. The van der Waals surface area contributed by atoms with E-state index in [1.54, 1.807) is 12.1 Å². The molecular formula is C13H20ClN3O2. The maximum Gasteiger partial charge on any atom is 0.269 e. The van der Waals surface area contributed by atoms with Crippen molar-refractivity contribution in [3.63, 3.8) is 0 Å². The van der Waals surface area contributed by atoms with E-state index in [1.165, 1.54) is 6.07 Å². The van der Waals surface area contributed by atoms with Crippen LogP contribution in [0.25, 0.3) is 0 Å². The van der Waals surface area contributed by atoms with Gasteiger partial charge < -0.3 is 5.73 Å². The van der Waals surface area contributed by atoms with Crippen LogP contribution in [-0.4, -0.2) is 29.0 Å². The second-order valence-electron chi connectivity index (χ2n) is 4.93. The molecule has 0 spiro atoms.